The number of phenols is 1. The van der Waals surface area contributed by atoms with Crippen molar-refractivity contribution in [3.63, 3.8) is 0 Å². The van der Waals surface area contributed by atoms with E-state index in [1.807, 2.05) is 17.5 Å². The Balaban J connectivity index is 0.00000132. The first-order valence-corrected chi connectivity index (χ1v) is 8.09. The average molecular weight is 400 g/mol. The molecule has 1 aromatic heterocycles. The second-order valence-electron chi connectivity index (χ2n) is 5.00. The minimum Gasteiger partial charge on any atom is -0.505 e. The molecule has 2 aromatic rings. The molecule has 0 unspecified atom stereocenters. The van der Waals surface area contributed by atoms with Crippen LogP contribution in [-0.4, -0.2) is 36.2 Å². The highest BCUT2D eigenvalue weighted by molar-refractivity contribution is 7.10. The molecule has 0 spiro atoms. The number of hydrogen-bond acceptors (Lipinski definition) is 4. The van der Waals surface area contributed by atoms with Gasteiger partial charge >= 0.3 is 0 Å². The first-order valence-electron chi connectivity index (χ1n) is 6.83. The number of rotatable bonds is 3. The SMILES string of the molecule is Cl.Cl.Oc1c(F)ccc(Cl)c1[C@H](c1cccs1)N1CCNCC1. The second-order valence-corrected chi connectivity index (χ2v) is 6.38. The van der Waals surface area contributed by atoms with Crippen molar-refractivity contribution in [1.82, 2.24) is 10.2 Å². The molecule has 1 aliphatic heterocycles. The minimum absolute atomic E-state index is 0. The molecule has 3 rings (SSSR count). The van der Waals surface area contributed by atoms with Gasteiger partial charge < -0.3 is 10.4 Å². The minimum atomic E-state index is -0.633. The molecule has 1 aromatic carbocycles. The molecule has 2 heterocycles. The Kier molecular flexibility index (Phi) is 8.07. The number of aromatic hydroxyl groups is 1. The maximum atomic E-state index is 13.8. The van der Waals surface area contributed by atoms with Gasteiger partial charge in [0.05, 0.1) is 6.04 Å². The summed E-state index contributed by atoms with van der Waals surface area (Å²) in [4.78, 5) is 3.28. The fourth-order valence-corrected chi connectivity index (χ4v) is 3.83. The third-order valence-electron chi connectivity index (χ3n) is 3.72. The summed E-state index contributed by atoms with van der Waals surface area (Å²) in [7, 11) is 0. The molecule has 1 atom stereocenters. The van der Waals surface area contributed by atoms with Crippen LogP contribution < -0.4 is 5.32 Å². The molecular weight excluding hydrogens is 382 g/mol. The first kappa shape index (κ1) is 20.5. The van der Waals surface area contributed by atoms with Gasteiger partial charge in [0, 0.05) is 41.6 Å². The summed E-state index contributed by atoms with van der Waals surface area (Å²) >= 11 is 7.86. The van der Waals surface area contributed by atoms with Gasteiger partial charge in [-0.2, -0.15) is 0 Å². The molecule has 1 saturated heterocycles. The molecule has 0 saturated carbocycles. The lowest BCUT2D eigenvalue weighted by Gasteiger charge is -2.35. The van der Waals surface area contributed by atoms with E-state index in [9.17, 15) is 9.50 Å². The van der Waals surface area contributed by atoms with Crippen molar-refractivity contribution in [2.45, 2.75) is 6.04 Å². The maximum absolute atomic E-state index is 13.8. The maximum Gasteiger partial charge on any atom is 0.165 e. The Morgan fingerprint density at radius 2 is 1.91 bits per heavy atom. The van der Waals surface area contributed by atoms with Gasteiger partial charge in [-0.1, -0.05) is 17.7 Å². The van der Waals surface area contributed by atoms with Gasteiger partial charge in [0.2, 0.25) is 0 Å². The Morgan fingerprint density at radius 1 is 1.22 bits per heavy atom. The predicted molar refractivity (Wildman–Crippen MR) is 98.2 cm³/mol. The molecule has 8 heteroatoms. The van der Waals surface area contributed by atoms with Gasteiger partial charge in [0.15, 0.2) is 11.6 Å². The Hall–Kier alpha value is -0.560. The standard InChI is InChI=1S/C15H16ClFN2OS.2ClH/c16-10-3-4-11(17)15(20)13(10)14(12-2-1-9-21-12)19-7-5-18-6-8-19;;/h1-4,9,14,18,20H,5-8H2;2*1H/t14-;;/m0../s1. The Labute approximate surface area is 156 Å². The van der Waals surface area contributed by atoms with E-state index in [2.05, 4.69) is 10.2 Å². The van der Waals surface area contributed by atoms with Crippen LogP contribution in [0.15, 0.2) is 29.6 Å². The summed E-state index contributed by atoms with van der Waals surface area (Å²) in [6, 6.07) is 6.45. The van der Waals surface area contributed by atoms with Crippen LogP contribution in [0.1, 0.15) is 16.5 Å². The van der Waals surface area contributed by atoms with Crippen molar-refractivity contribution < 1.29 is 9.50 Å². The predicted octanol–water partition coefficient (Wildman–Crippen LogP) is 4.08. The molecule has 0 amide bonds. The Morgan fingerprint density at radius 3 is 2.52 bits per heavy atom. The normalized spacial score (nSPS) is 16.3. The zero-order valence-corrected chi connectivity index (χ0v) is 15.4. The number of hydrogen-bond donors (Lipinski definition) is 2. The largest absolute Gasteiger partial charge is 0.505 e. The highest BCUT2D eigenvalue weighted by Gasteiger charge is 2.30. The van der Waals surface area contributed by atoms with E-state index >= 15 is 0 Å². The van der Waals surface area contributed by atoms with E-state index in [-0.39, 0.29) is 36.6 Å². The van der Waals surface area contributed by atoms with E-state index < -0.39 is 5.82 Å². The third kappa shape index (κ3) is 4.29. The van der Waals surface area contributed by atoms with Crippen molar-refractivity contribution in [3.05, 3.63) is 50.9 Å². The van der Waals surface area contributed by atoms with Crippen LogP contribution in [-0.2, 0) is 0 Å². The van der Waals surface area contributed by atoms with Gasteiger partial charge in [0.25, 0.3) is 0 Å². The molecule has 23 heavy (non-hydrogen) atoms. The zero-order chi connectivity index (χ0) is 14.8. The van der Waals surface area contributed by atoms with Crippen LogP contribution >= 0.6 is 47.8 Å². The second kappa shape index (κ2) is 9.06. The van der Waals surface area contributed by atoms with E-state index in [4.69, 9.17) is 11.6 Å². The van der Waals surface area contributed by atoms with E-state index in [0.29, 0.717) is 10.6 Å². The van der Waals surface area contributed by atoms with Crippen molar-refractivity contribution in [2.75, 3.05) is 26.2 Å². The van der Waals surface area contributed by atoms with Crippen molar-refractivity contribution in [2.24, 2.45) is 0 Å². The number of phenolic OH excluding ortho intramolecular Hbond substituents is 1. The zero-order valence-electron chi connectivity index (χ0n) is 12.2. The summed E-state index contributed by atoms with van der Waals surface area (Å²) in [6.07, 6.45) is 0. The van der Waals surface area contributed by atoms with Crippen molar-refractivity contribution in [1.29, 1.82) is 0 Å². The van der Waals surface area contributed by atoms with E-state index in [1.54, 1.807) is 11.3 Å². The number of benzene rings is 1. The van der Waals surface area contributed by atoms with Crippen LogP contribution in [0.25, 0.3) is 0 Å². The summed E-state index contributed by atoms with van der Waals surface area (Å²) in [5.74, 6) is -0.981. The van der Waals surface area contributed by atoms with E-state index in [1.165, 1.54) is 12.1 Å². The summed E-state index contributed by atoms with van der Waals surface area (Å²) in [5.41, 5.74) is 0.459. The molecule has 2 N–H and O–H groups in total. The number of piperazine rings is 1. The Bertz CT molecular complexity index is 621. The lowest BCUT2D eigenvalue weighted by Crippen LogP contribution is -2.45. The quantitative estimate of drug-likeness (QED) is 0.816. The van der Waals surface area contributed by atoms with Crippen LogP contribution in [0, 0.1) is 5.82 Å². The molecule has 128 valence electrons. The fraction of sp³-hybridized carbons (Fsp3) is 0.333. The highest BCUT2D eigenvalue weighted by Crippen LogP contribution is 2.41. The molecule has 0 aliphatic carbocycles. The molecule has 0 radical (unpaired) electrons. The third-order valence-corrected chi connectivity index (χ3v) is 4.97. The van der Waals surface area contributed by atoms with E-state index in [0.717, 1.165) is 31.1 Å². The summed E-state index contributed by atoms with van der Waals surface area (Å²) in [6.45, 7) is 3.40. The monoisotopic (exact) mass is 398 g/mol. The summed E-state index contributed by atoms with van der Waals surface area (Å²) < 4.78 is 13.8. The number of nitrogens with zero attached hydrogens (tertiary/aromatic N) is 1. The molecule has 1 aliphatic rings. The summed E-state index contributed by atoms with van der Waals surface area (Å²) in [5, 5.41) is 15.9. The lowest BCUT2D eigenvalue weighted by molar-refractivity contribution is 0.197. The van der Waals surface area contributed by atoms with Gasteiger partial charge in [-0.3, -0.25) is 4.90 Å². The average Bonchev–Trinajstić information content (AvgIpc) is 3.02. The van der Waals surface area contributed by atoms with Crippen molar-refractivity contribution in [3.8, 4) is 5.75 Å². The van der Waals surface area contributed by atoms with Crippen molar-refractivity contribution >= 4 is 47.8 Å². The number of thiophene rings is 1. The van der Waals surface area contributed by atoms with Crippen LogP contribution in [0.2, 0.25) is 5.02 Å². The molecule has 1 fully saturated rings. The lowest BCUT2D eigenvalue weighted by atomic mass is 10.0. The van der Waals surface area contributed by atoms with Gasteiger partial charge in [-0.25, -0.2) is 4.39 Å². The molecular formula is C15H18Cl3FN2OS. The molecule has 0 bridgehead atoms. The number of nitrogens with one attached hydrogen (secondary N) is 1. The van der Waals surface area contributed by atoms with Crippen LogP contribution in [0.3, 0.4) is 0 Å². The fourth-order valence-electron chi connectivity index (χ4n) is 2.71. The van der Waals surface area contributed by atoms with Gasteiger partial charge in [-0.05, 0) is 23.6 Å². The topological polar surface area (TPSA) is 35.5 Å². The molecule has 3 nitrogen and oxygen atoms in total. The number of halogens is 4. The highest BCUT2D eigenvalue weighted by atomic mass is 35.5. The van der Waals surface area contributed by atoms with Crippen LogP contribution in [0.5, 0.6) is 5.75 Å². The van der Waals surface area contributed by atoms with Gasteiger partial charge in [0.1, 0.15) is 0 Å². The van der Waals surface area contributed by atoms with Crippen LogP contribution in [0.4, 0.5) is 4.39 Å². The smallest absolute Gasteiger partial charge is 0.165 e. The first-order chi connectivity index (χ1) is 10.2. The van der Waals surface area contributed by atoms with Gasteiger partial charge in [-0.15, -0.1) is 36.2 Å².